The van der Waals surface area contributed by atoms with Gasteiger partial charge < -0.3 is 9.82 Å². The Balaban J connectivity index is 1.74. The van der Waals surface area contributed by atoms with Gasteiger partial charge in [-0.15, -0.1) is 5.06 Å². The van der Waals surface area contributed by atoms with Gasteiger partial charge in [0.05, 0.1) is 0 Å². The van der Waals surface area contributed by atoms with Crippen LogP contribution in [0.4, 0.5) is 0 Å². The average molecular weight is 244 g/mol. The Labute approximate surface area is 105 Å². The van der Waals surface area contributed by atoms with Crippen molar-refractivity contribution >= 4 is 16.9 Å². The lowest BCUT2D eigenvalue weighted by Crippen LogP contribution is -2.32. The van der Waals surface area contributed by atoms with Crippen molar-refractivity contribution in [3.05, 3.63) is 36.0 Å². The van der Waals surface area contributed by atoms with Crippen LogP contribution in [-0.4, -0.2) is 29.1 Å². The van der Waals surface area contributed by atoms with Gasteiger partial charge in [-0.1, -0.05) is 24.6 Å². The Morgan fingerprint density at radius 1 is 1.17 bits per heavy atom. The maximum absolute atomic E-state index is 12.0. The lowest BCUT2D eigenvalue weighted by Gasteiger charge is -2.24. The zero-order valence-electron chi connectivity index (χ0n) is 10.2. The van der Waals surface area contributed by atoms with Gasteiger partial charge in [-0.3, -0.25) is 0 Å². The van der Waals surface area contributed by atoms with E-state index in [0.29, 0.717) is 5.69 Å². The number of carbonyl (C=O) groups is 1. The van der Waals surface area contributed by atoms with E-state index in [4.69, 9.17) is 4.84 Å². The van der Waals surface area contributed by atoms with Crippen molar-refractivity contribution in [2.75, 3.05) is 13.1 Å². The molecule has 1 aromatic carbocycles. The molecular weight excluding hydrogens is 228 g/mol. The summed E-state index contributed by atoms with van der Waals surface area (Å²) in [6.45, 7) is 1.68. The molecule has 0 saturated carbocycles. The molecule has 0 aliphatic carbocycles. The van der Waals surface area contributed by atoms with Crippen molar-refractivity contribution in [2.45, 2.75) is 19.3 Å². The van der Waals surface area contributed by atoms with Gasteiger partial charge in [-0.25, -0.2) is 4.79 Å². The predicted octanol–water partition coefficient (Wildman–Crippen LogP) is 2.73. The van der Waals surface area contributed by atoms with E-state index in [9.17, 15) is 4.79 Å². The molecular formula is C14H16N2O2. The van der Waals surface area contributed by atoms with Crippen LogP contribution in [-0.2, 0) is 4.84 Å². The normalized spacial score (nSPS) is 16.9. The summed E-state index contributed by atoms with van der Waals surface area (Å²) in [5.41, 5.74) is 1.48. The molecule has 0 unspecified atom stereocenters. The lowest BCUT2D eigenvalue weighted by atomic mass is 10.2. The molecule has 1 aliphatic rings. The summed E-state index contributed by atoms with van der Waals surface area (Å²) in [5, 5.41) is 2.79. The molecule has 1 fully saturated rings. The number of aromatic nitrogens is 1. The maximum Gasteiger partial charge on any atom is 0.373 e. The van der Waals surface area contributed by atoms with E-state index in [0.717, 1.165) is 36.8 Å². The second kappa shape index (κ2) is 4.82. The Morgan fingerprint density at radius 3 is 2.72 bits per heavy atom. The Bertz CT molecular complexity index is 523. The molecule has 4 nitrogen and oxygen atoms in total. The first-order valence-electron chi connectivity index (χ1n) is 6.38. The molecule has 4 heteroatoms. The van der Waals surface area contributed by atoms with Gasteiger partial charge in [-0.2, -0.15) is 0 Å². The summed E-state index contributed by atoms with van der Waals surface area (Å²) in [7, 11) is 0. The summed E-state index contributed by atoms with van der Waals surface area (Å²) in [4.78, 5) is 20.4. The highest BCUT2D eigenvalue weighted by atomic mass is 16.7. The highest BCUT2D eigenvalue weighted by Crippen LogP contribution is 2.16. The fourth-order valence-electron chi connectivity index (χ4n) is 2.31. The van der Waals surface area contributed by atoms with Gasteiger partial charge in [0.1, 0.15) is 5.69 Å². The number of nitrogens with one attached hydrogen (secondary N) is 1. The maximum atomic E-state index is 12.0. The van der Waals surface area contributed by atoms with E-state index in [1.807, 2.05) is 30.3 Å². The van der Waals surface area contributed by atoms with Crippen LogP contribution in [0.25, 0.3) is 10.9 Å². The summed E-state index contributed by atoms with van der Waals surface area (Å²) >= 11 is 0. The standard InChI is InChI=1S/C14H16N2O2/c17-14(18-16-8-4-1-5-9-16)13-10-11-6-2-3-7-12(11)15-13/h2-3,6-7,10,15H,1,4-5,8-9H2. The molecule has 94 valence electrons. The van der Waals surface area contributed by atoms with Crippen molar-refractivity contribution < 1.29 is 9.63 Å². The largest absolute Gasteiger partial charge is 0.373 e. The smallest absolute Gasteiger partial charge is 0.363 e. The molecule has 1 N–H and O–H groups in total. The number of piperidine rings is 1. The topological polar surface area (TPSA) is 45.3 Å². The highest BCUT2D eigenvalue weighted by Gasteiger charge is 2.17. The third-order valence-corrected chi connectivity index (χ3v) is 3.28. The summed E-state index contributed by atoms with van der Waals surface area (Å²) in [5.74, 6) is -0.298. The van der Waals surface area contributed by atoms with Gasteiger partial charge >= 0.3 is 5.97 Å². The quantitative estimate of drug-likeness (QED) is 0.883. The van der Waals surface area contributed by atoms with E-state index in [1.54, 1.807) is 5.06 Å². The number of rotatable bonds is 2. The molecule has 2 aromatic rings. The number of hydrogen-bond donors (Lipinski definition) is 1. The fraction of sp³-hybridized carbons (Fsp3) is 0.357. The first-order chi connectivity index (χ1) is 8.83. The number of H-pyrrole nitrogens is 1. The zero-order chi connectivity index (χ0) is 12.4. The zero-order valence-corrected chi connectivity index (χ0v) is 10.2. The van der Waals surface area contributed by atoms with E-state index < -0.39 is 0 Å². The van der Waals surface area contributed by atoms with Crippen LogP contribution in [0.1, 0.15) is 29.8 Å². The van der Waals surface area contributed by atoms with Crippen LogP contribution >= 0.6 is 0 Å². The Morgan fingerprint density at radius 2 is 1.94 bits per heavy atom. The molecule has 3 rings (SSSR count). The van der Waals surface area contributed by atoms with Crippen molar-refractivity contribution in [3.63, 3.8) is 0 Å². The van der Waals surface area contributed by atoms with Gasteiger partial charge in [0.25, 0.3) is 0 Å². The van der Waals surface area contributed by atoms with Crippen molar-refractivity contribution in [1.29, 1.82) is 0 Å². The predicted molar refractivity (Wildman–Crippen MR) is 69.1 cm³/mol. The van der Waals surface area contributed by atoms with Crippen LogP contribution in [0.3, 0.4) is 0 Å². The molecule has 0 bridgehead atoms. The van der Waals surface area contributed by atoms with Gasteiger partial charge in [0, 0.05) is 24.0 Å². The minimum Gasteiger partial charge on any atom is -0.363 e. The number of fused-ring (bicyclic) bond motifs is 1. The molecule has 1 aromatic heterocycles. The number of hydroxylamine groups is 2. The van der Waals surface area contributed by atoms with Crippen LogP contribution < -0.4 is 0 Å². The molecule has 0 amide bonds. The number of aromatic amines is 1. The molecule has 0 atom stereocenters. The molecule has 1 aliphatic heterocycles. The number of benzene rings is 1. The molecule has 2 heterocycles. The fourth-order valence-corrected chi connectivity index (χ4v) is 2.31. The lowest BCUT2D eigenvalue weighted by molar-refractivity contribution is -0.119. The van der Waals surface area contributed by atoms with Gasteiger partial charge in [0.2, 0.25) is 0 Å². The van der Waals surface area contributed by atoms with Crippen LogP contribution in [0.15, 0.2) is 30.3 Å². The number of nitrogens with zero attached hydrogens (tertiary/aromatic N) is 1. The van der Waals surface area contributed by atoms with Gasteiger partial charge in [0.15, 0.2) is 0 Å². The molecule has 18 heavy (non-hydrogen) atoms. The molecule has 0 spiro atoms. The van der Waals surface area contributed by atoms with E-state index in [2.05, 4.69) is 4.98 Å². The van der Waals surface area contributed by atoms with Gasteiger partial charge in [-0.05, 0) is 25.0 Å². The van der Waals surface area contributed by atoms with E-state index >= 15 is 0 Å². The van der Waals surface area contributed by atoms with Crippen molar-refractivity contribution in [1.82, 2.24) is 10.0 Å². The minimum atomic E-state index is -0.298. The third-order valence-electron chi connectivity index (χ3n) is 3.28. The number of hydrogen-bond acceptors (Lipinski definition) is 3. The third kappa shape index (κ3) is 2.24. The van der Waals surface area contributed by atoms with Crippen LogP contribution in [0.2, 0.25) is 0 Å². The first kappa shape index (κ1) is 11.3. The Hall–Kier alpha value is -1.81. The second-order valence-electron chi connectivity index (χ2n) is 4.64. The van der Waals surface area contributed by atoms with Crippen LogP contribution in [0.5, 0.6) is 0 Å². The summed E-state index contributed by atoms with van der Waals surface area (Å²) in [6.07, 6.45) is 3.42. The number of carbonyl (C=O) groups excluding carboxylic acids is 1. The minimum absolute atomic E-state index is 0.298. The molecule has 1 saturated heterocycles. The first-order valence-corrected chi connectivity index (χ1v) is 6.38. The van der Waals surface area contributed by atoms with Crippen LogP contribution in [0, 0.1) is 0 Å². The summed E-state index contributed by atoms with van der Waals surface area (Å²) in [6, 6.07) is 9.66. The average Bonchev–Trinajstić information content (AvgIpc) is 2.84. The van der Waals surface area contributed by atoms with Crippen molar-refractivity contribution in [3.8, 4) is 0 Å². The van der Waals surface area contributed by atoms with Crippen molar-refractivity contribution in [2.24, 2.45) is 0 Å². The number of para-hydroxylation sites is 1. The molecule has 0 radical (unpaired) electrons. The second-order valence-corrected chi connectivity index (χ2v) is 4.64. The highest BCUT2D eigenvalue weighted by molar-refractivity contribution is 5.94. The summed E-state index contributed by atoms with van der Waals surface area (Å²) < 4.78 is 0. The monoisotopic (exact) mass is 244 g/mol. The Kier molecular flexibility index (Phi) is 3.02. The van der Waals surface area contributed by atoms with E-state index in [-0.39, 0.29) is 5.97 Å². The van der Waals surface area contributed by atoms with E-state index in [1.165, 1.54) is 6.42 Å². The SMILES string of the molecule is O=C(ON1CCCCC1)c1cc2ccccc2[nH]1.